The Morgan fingerprint density at radius 2 is 1.91 bits per heavy atom. The molecule has 3 heterocycles. The molecule has 2 aliphatic rings. The van der Waals surface area contributed by atoms with E-state index >= 15 is 0 Å². The Balaban J connectivity index is 1.48. The standard InChI is InChI=1S/C25H21N5O3/c1-15-7-9-17(10-8-15)22-19(12-26)25(27)33-23-21(31)11-18(32-24(22)23)13-30-14-20(28-29-30)16-5-3-2-4-6-16/h2-11,20,22H,13-14,27H2,1H3. The van der Waals surface area contributed by atoms with Crippen molar-refractivity contribution in [3.05, 3.63) is 111 Å². The molecular formula is C25H21N5O3. The van der Waals surface area contributed by atoms with Crippen LogP contribution in [-0.4, -0.2) is 11.6 Å². The SMILES string of the molecule is Cc1ccc(C2C(C#N)=C(N)Oc3c2oc(CN2CC(c4ccccc4)N=N2)cc3=O)cc1. The van der Waals surface area contributed by atoms with Crippen molar-refractivity contribution in [1.82, 2.24) is 5.01 Å². The molecule has 2 unspecified atom stereocenters. The Bertz CT molecular complexity index is 1350. The summed E-state index contributed by atoms with van der Waals surface area (Å²) < 4.78 is 11.7. The topological polar surface area (TPSA) is 117 Å². The first-order valence-electron chi connectivity index (χ1n) is 10.5. The molecule has 2 N–H and O–H groups in total. The minimum absolute atomic E-state index is 0.00559. The Labute approximate surface area is 190 Å². The van der Waals surface area contributed by atoms with Gasteiger partial charge < -0.3 is 14.9 Å². The lowest BCUT2D eigenvalue weighted by molar-refractivity contribution is 0.256. The van der Waals surface area contributed by atoms with Crippen LogP contribution in [0.2, 0.25) is 0 Å². The molecule has 0 fully saturated rings. The maximum Gasteiger partial charge on any atom is 0.228 e. The second-order valence-corrected chi connectivity index (χ2v) is 8.08. The Kier molecular flexibility index (Phi) is 5.15. The molecule has 0 saturated carbocycles. The van der Waals surface area contributed by atoms with Gasteiger partial charge in [0.25, 0.3) is 0 Å². The fourth-order valence-corrected chi connectivity index (χ4v) is 4.08. The first-order chi connectivity index (χ1) is 16.0. The summed E-state index contributed by atoms with van der Waals surface area (Å²) in [5.41, 5.74) is 8.77. The highest BCUT2D eigenvalue weighted by atomic mass is 16.5. The molecule has 2 aliphatic heterocycles. The smallest absolute Gasteiger partial charge is 0.228 e. The van der Waals surface area contributed by atoms with Gasteiger partial charge in [0.15, 0.2) is 5.76 Å². The number of hydrogen-bond acceptors (Lipinski definition) is 8. The van der Waals surface area contributed by atoms with Crippen LogP contribution in [0.4, 0.5) is 0 Å². The molecule has 164 valence electrons. The summed E-state index contributed by atoms with van der Waals surface area (Å²) in [4.78, 5) is 12.9. The van der Waals surface area contributed by atoms with Gasteiger partial charge in [-0.2, -0.15) is 10.4 Å². The van der Waals surface area contributed by atoms with E-state index in [2.05, 4.69) is 16.4 Å². The van der Waals surface area contributed by atoms with Gasteiger partial charge in [-0.05, 0) is 18.1 Å². The van der Waals surface area contributed by atoms with Crippen LogP contribution in [-0.2, 0) is 6.54 Å². The lowest BCUT2D eigenvalue weighted by atomic mass is 9.87. The van der Waals surface area contributed by atoms with Crippen LogP contribution in [0.15, 0.2) is 91.7 Å². The average Bonchev–Trinajstić information content (AvgIpc) is 3.29. The van der Waals surface area contributed by atoms with E-state index in [9.17, 15) is 10.1 Å². The normalized spacial score (nSPS) is 19.2. The van der Waals surface area contributed by atoms with Crippen LogP contribution in [0.25, 0.3) is 0 Å². The van der Waals surface area contributed by atoms with E-state index < -0.39 is 5.92 Å². The molecule has 0 amide bonds. The van der Waals surface area contributed by atoms with Crippen LogP contribution in [0.3, 0.4) is 0 Å². The fourth-order valence-electron chi connectivity index (χ4n) is 4.08. The van der Waals surface area contributed by atoms with E-state index in [4.69, 9.17) is 14.9 Å². The lowest BCUT2D eigenvalue weighted by Crippen LogP contribution is -2.26. The maximum absolute atomic E-state index is 12.9. The molecule has 0 aliphatic carbocycles. The van der Waals surface area contributed by atoms with Gasteiger partial charge in [-0.1, -0.05) is 65.4 Å². The summed E-state index contributed by atoms with van der Waals surface area (Å²) in [6.45, 7) is 2.80. The number of aryl methyl sites for hydroxylation is 1. The van der Waals surface area contributed by atoms with E-state index in [-0.39, 0.29) is 41.0 Å². The van der Waals surface area contributed by atoms with Gasteiger partial charge >= 0.3 is 0 Å². The zero-order valence-electron chi connectivity index (χ0n) is 17.9. The van der Waals surface area contributed by atoms with Crippen molar-refractivity contribution >= 4 is 0 Å². The van der Waals surface area contributed by atoms with E-state index in [1.165, 1.54) is 6.07 Å². The summed E-state index contributed by atoms with van der Waals surface area (Å²) in [5.74, 6) is -0.0438. The highest BCUT2D eigenvalue weighted by Gasteiger charge is 2.35. The van der Waals surface area contributed by atoms with E-state index in [1.807, 2.05) is 61.5 Å². The third-order valence-corrected chi connectivity index (χ3v) is 5.76. The monoisotopic (exact) mass is 439 g/mol. The van der Waals surface area contributed by atoms with Crippen LogP contribution in [0, 0.1) is 18.3 Å². The number of fused-ring (bicyclic) bond motifs is 1. The van der Waals surface area contributed by atoms with Gasteiger partial charge in [0.05, 0.1) is 19.0 Å². The minimum Gasteiger partial charge on any atom is -0.459 e. The highest BCUT2D eigenvalue weighted by Crippen LogP contribution is 2.41. The lowest BCUT2D eigenvalue weighted by Gasteiger charge is -2.25. The number of rotatable bonds is 4. The number of hydrogen-bond donors (Lipinski definition) is 1. The molecule has 5 rings (SSSR count). The van der Waals surface area contributed by atoms with E-state index in [0.29, 0.717) is 12.3 Å². The minimum atomic E-state index is -0.635. The van der Waals surface area contributed by atoms with Gasteiger partial charge in [-0.15, -0.1) is 0 Å². The van der Waals surface area contributed by atoms with Crippen LogP contribution >= 0.6 is 0 Å². The van der Waals surface area contributed by atoms with Crippen LogP contribution in [0.1, 0.15) is 40.2 Å². The first kappa shape index (κ1) is 20.5. The third-order valence-electron chi connectivity index (χ3n) is 5.76. The van der Waals surface area contributed by atoms with Crippen LogP contribution in [0.5, 0.6) is 5.75 Å². The van der Waals surface area contributed by atoms with Crippen molar-refractivity contribution in [3.8, 4) is 11.8 Å². The molecule has 3 aromatic rings. The molecule has 0 radical (unpaired) electrons. The highest BCUT2D eigenvalue weighted by molar-refractivity contribution is 5.52. The summed E-state index contributed by atoms with van der Waals surface area (Å²) in [5, 5.41) is 20.1. The largest absolute Gasteiger partial charge is 0.459 e. The quantitative estimate of drug-likeness (QED) is 0.654. The van der Waals surface area contributed by atoms with Crippen molar-refractivity contribution in [3.63, 3.8) is 0 Å². The molecular weight excluding hydrogens is 418 g/mol. The zero-order chi connectivity index (χ0) is 22.9. The second kappa shape index (κ2) is 8.28. The van der Waals surface area contributed by atoms with E-state index in [1.54, 1.807) is 5.01 Å². The predicted octanol–water partition coefficient (Wildman–Crippen LogP) is 4.09. The molecule has 2 aromatic carbocycles. The van der Waals surface area contributed by atoms with Crippen molar-refractivity contribution in [2.24, 2.45) is 16.1 Å². The number of benzene rings is 2. The summed E-state index contributed by atoms with van der Waals surface area (Å²) >= 11 is 0. The van der Waals surface area contributed by atoms with Crippen molar-refractivity contribution < 1.29 is 9.15 Å². The van der Waals surface area contributed by atoms with Gasteiger partial charge in [-0.3, -0.25) is 9.80 Å². The second-order valence-electron chi connectivity index (χ2n) is 8.08. The molecule has 0 saturated heterocycles. The van der Waals surface area contributed by atoms with Gasteiger partial charge in [-0.25, -0.2) is 0 Å². The average molecular weight is 439 g/mol. The molecule has 0 bridgehead atoms. The molecule has 0 spiro atoms. The first-order valence-corrected chi connectivity index (χ1v) is 10.5. The third kappa shape index (κ3) is 3.85. The number of ether oxygens (including phenoxy) is 1. The van der Waals surface area contributed by atoms with Gasteiger partial charge in [0.2, 0.25) is 17.1 Å². The number of nitrogens with zero attached hydrogens (tertiary/aromatic N) is 4. The molecule has 8 heteroatoms. The number of allylic oxidation sites excluding steroid dienone is 1. The Hall–Kier alpha value is -4.38. The number of nitriles is 1. The Morgan fingerprint density at radius 3 is 2.64 bits per heavy atom. The predicted molar refractivity (Wildman–Crippen MR) is 120 cm³/mol. The van der Waals surface area contributed by atoms with Crippen molar-refractivity contribution in [2.45, 2.75) is 25.4 Å². The summed E-state index contributed by atoms with van der Waals surface area (Å²) in [6.07, 6.45) is 0. The van der Waals surface area contributed by atoms with E-state index in [0.717, 1.165) is 16.7 Å². The molecule has 33 heavy (non-hydrogen) atoms. The molecule has 1 aromatic heterocycles. The summed E-state index contributed by atoms with van der Waals surface area (Å²) in [6, 6.07) is 21.0. The van der Waals surface area contributed by atoms with Crippen molar-refractivity contribution in [2.75, 3.05) is 6.54 Å². The van der Waals surface area contributed by atoms with Gasteiger partial charge in [0.1, 0.15) is 23.4 Å². The zero-order valence-corrected chi connectivity index (χ0v) is 17.9. The summed E-state index contributed by atoms with van der Waals surface area (Å²) in [7, 11) is 0. The molecule has 2 atom stereocenters. The maximum atomic E-state index is 12.9. The molecule has 8 nitrogen and oxygen atoms in total. The van der Waals surface area contributed by atoms with Crippen molar-refractivity contribution in [1.29, 1.82) is 5.26 Å². The fraction of sp³-hybridized carbons (Fsp3) is 0.200. The van der Waals surface area contributed by atoms with Crippen LogP contribution < -0.4 is 15.9 Å². The van der Waals surface area contributed by atoms with Gasteiger partial charge in [0, 0.05) is 6.07 Å². The number of nitrogens with two attached hydrogens (primary N) is 1. The Morgan fingerprint density at radius 1 is 1.15 bits per heavy atom.